The van der Waals surface area contributed by atoms with Gasteiger partial charge in [-0.2, -0.15) is 0 Å². The van der Waals surface area contributed by atoms with Crippen LogP contribution in [0.15, 0.2) is 42.5 Å². The summed E-state index contributed by atoms with van der Waals surface area (Å²) in [6, 6.07) is 12.0. The Morgan fingerprint density at radius 2 is 1.89 bits per heavy atom. The van der Waals surface area contributed by atoms with E-state index in [2.05, 4.69) is 10.0 Å². The van der Waals surface area contributed by atoms with Gasteiger partial charge in [0.05, 0.1) is 26.0 Å². The SMILES string of the molecule is CCS(=O)(=O)Nc1ccc(NC(=O)CN2C[C@H](c3ccc(OC)c(OC4CCCO4)c3)CC2=O)cc1. The fourth-order valence-corrected chi connectivity index (χ4v) is 4.86. The molecule has 194 valence electrons. The minimum absolute atomic E-state index is 0.0316. The van der Waals surface area contributed by atoms with Gasteiger partial charge in [0, 0.05) is 36.7 Å². The largest absolute Gasteiger partial charge is 0.493 e. The normalized spacial score (nSPS) is 19.8. The molecular weight excluding hydrogens is 486 g/mol. The van der Waals surface area contributed by atoms with E-state index in [0.717, 1.165) is 18.4 Å². The number of rotatable bonds is 10. The van der Waals surface area contributed by atoms with Gasteiger partial charge in [-0.25, -0.2) is 8.42 Å². The van der Waals surface area contributed by atoms with Crippen LogP contribution in [0.2, 0.25) is 0 Å². The zero-order chi connectivity index (χ0) is 25.7. The van der Waals surface area contributed by atoms with Crippen LogP contribution >= 0.6 is 0 Å². The number of hydrogen-bond acceptors (Lipinski definition) is 7. The molecule has 2 fully saturated rings. The highest BCUT2D eigenvalue weighted by atomic mass is 32.2. The van der Waals surface area contributed by atoms with Gasteiger partial charge < -0.3 is 24.4 Å². The molecule has 2 saturated heterocycles. The summed E-state index contributed by atoms with van der Waals surface area (Å²) in [6.45, 7) is 2.56. The number of benzene rings is 2. The number of likely N-dealkylation sites (tertiary alicyclic amines) is 1. The lowest BCUT2D eigenvalue weighted by Gasteiger charge is -2.19. The maximum atomic E-state index is 12.6. The molecule has 0 aliphatic carbocycles. The molecule has 2 amide bonds. The highest BCUT2D eigenvalue weighted by molar-refractivity contribution is 7.92. The van der Waals surface area contributed by atoms with E-state index in [9.17, 15) is 18.0 Å². The number of ether oxygens (including phenoxy) is 3. The van der Waals surface area contributed by atoms with E-state index < -0.39 is 10.0 Å². The molecule has 2 atom stereocenters. The molecule has 2 aromatic carbocycles. The highest BCUT2D eigenvalue weighted by Crippen LogP contribution is 2.36. The lowest BCUT2D eigenvalue weighted by molar-refractivity contribution is -0.131. The van der Waals surface area contributed by atoms with E-state index >= 15 is 0 Å². The van der Waals surface area contributed by atoms with Crippen molar-refractivity contribution in [3.05, 3.63) is 48.0 Å². The van der Waals surface area contributed by atoms with E-state index in [1.54, 1.807) is 38.3 Å². The number of carbonyl (C=O) groups excluding carboxylic acids is 2. The standard InChI is InChI=1S/C25H31N3O7S/c1-3-36(31,32)27-20-9-7-19(8-10-20)26-23(29)16-28-15-18(14-24(28)30)17-6-11-21(33-2)22(13-17)35-25-5-4-12-34-25/h6-11,13,18,25,27H,3-5,12,14-16H2,1-2H3,(H,26,29)/t18-,25?/m1/s1. The average Bonchev–Trinajstić information content (AvgIpc) is 3.50. The van der Waals surface area contributed by atoms with Crippen molar-refractivity contribution in [2.75, 3.05) is 42.6 Å². The van der Waals surface area contributed by atoms with Crippen molar-refractivity contribution in [1.29, 1.82) is 0 Å². The summed E-state index contributed by atoms with van der Waals surface area (Å²) in [5.41, 5.74) is 1.86. The van der Waals surface area contributed by atoms with Crippen LogP contribution in [0, 0.1) is 0 Å². The Morgan fingerprint density at radius 3 is 2.56 bits per heavy atom. The van der Waals surface area contributed by atoms with Crippen molar-refractivity contribution in [2.45, 2.75) is 38.4 Å². The van der Waals surface area contributed by atoms with Gasteiger partial charge in [0.1, 0.15) is 0 Å². The molecular formula is C25H31N3O7S. The fraction of sp³-hybridized carbons (Fsp3) is 0.440. The third-order valence-corrected chi connectivity index (χ3v) is 7.48. The van der Waals surface area contributed by atoms with Gasteiger partial charge in [0.25, 0.3) is 0 Å². The van der Waals surface area contributed by atoms with Crippen LogP contribution in [0.1, 0.15) is 37.7 Å². The van der Waals surface area contributed by atoms with E-state index in [4.69, 9.17) is 14.2 Å². The number of anilines is 2. The first-order valence-corrected chi connectivity index (χ1v) is 13.6. The average molecular weight is 518 g/mol. The number of carbonyl (C=O) groups is 2. The first kappa shape index (κ1) is 25.8. The second-order valence-corrected chi connectivity index (χ2v) is 10.8. The molecule has 0 bridgehead atoms. The van der Waals surface area contributed by atoms with Crippen molar-refractivity contribution in [3.8, 4) is 11.5 Å². The molecule has 2 aliphatic heterocycles. The number of sulfonamides is 1. The zero-order valence-electron chi connectivity index (χ0n) is 20.4. The molecule has 36 heavy (non-hydrogen) atoms. The molecule has 4 rings (SSSR count). The molecule has 2 aliphatic rings. The number of nitrogens with one attached hydrogen (secondary N) is 2. The molecule has 2 aromatic rings. The summed E-state index contributed by atoms with van der Waals surface area (Å²) in [6.07, 6.45) is 1.75. The van der Waals surface area contributed by atoms with Crippen molar-refractivity contribution in [3.63, 3.8) is 0 Å². The monoisotopic (exact) mass is 517 g/mol. The molecule has 0 saturated carbocycles. The van der Waals surface area contributed by atoms with Crippen molar-refractivity contribution >= 4 is 33.2 Å². The summed E-state index contributed by atoms with van der Waals surface area (Å²) in [5.74, 6) is 0.642. The molecule has 2 heterocycles. The minimum atomic E-state index is -3.37. The lowest BCUT2D eigenvalue weighted by atomic mass is 9.98. The Morgan fingerprint density at radius 1 is 1.14 bits per heavy atom. The summed E-state index contributed by atoms with van der Waals surface area (Å²) in [4.78, 5) is 26.8. The smallest absolute Gasteiger partial charge is 0.243 e. The van der Waals surface area contributed by atoms with Crippen LogP contribution in [0.3, 0.4) is 0 Å². The summed E-state index contributed by atoms with van der Waals surface area (Å²) in [7, 11) is -1.80. The lowest BCUT2D eigenvalue weighted by Crippen LogP contribution is -2.34. The number of nitrogens with zero attached hydrogens (tertiary/aromatic N) is 1. The predicted octanol–water partition coefficient (Wildman–Crippen LogP) is 2.93. The predicted molar refractivity (Wildman–Crippen MR) is 135 cm³/mol. The Hall–Kier alpha value is -3.31. The van der Waals surface area contributed by atoms with Gasteiger partial charge in [-0.15, -0.1) is 0 Å². The van der Waals surface area contributed by atoms with Crippen molar-refractivity contribution in [2.24, 2.45) is 0 Å². The Kier molecular flexibility index (Phi) is 8.00. The maximum absolute atomic E-state index is 12.6. The number of amides is 2. The first-order chi connectivity index (χ1) is 17.3. The summed E-state index contributed by atoms with van der Waals surface area (Å²) in [5, 5.41) is 2.75. The van der Waals surface area contributed by atoms with Crippen LogP contribution in [0.5, 0.6) is 11.5 Å². The molecule has 0 radical (unpaired) electrons. The first-order valence-electron chi connectivity index (χ1n) is 11.9. The molecule has 0 aromatic heterocycles. The van der Waals surface area contributed by atoms with Crippen LogP contribution in [-0.2, 0) is 24.3 Å². The third-order valence-electron chi connectivity index (χ3n) is 6.18. The number of hydrogen-bond donors (Lipinski definition) is 2. The van der Waals surface area contributed by atoms with E-state index in [1.165, 1.54) is 4.90 Å². The van der Waals surface area contributed by atoms with E-state index in [-0.39, 0.29) is 36.3 Å². The Balaban J connectivity index is 1.35. The fourth-order valence-electron chi connectivity index (χ4n) is 4.22. The topological polar surface area (TPSA) is 123 Å². The third kappa shape index (κ3) is 6.46. The van der Waals surface area contributed by atoms with Crippen LogP contribution < -0.4 is 19.5 Å². The molecule has 0 spiro atoms. The molecule has 10 nitrogen and oxygen atoms in total. The molecule has 11 heteroatoms. The quantitative estimate of drug-likeness (QED) is 0.497. The Labute approximate surface area is 211 Å². The minimum Gasteiger partial charge on any atom is -0.493 e. The molecule has 1 unspecified atom stereocenters. The highest BCUT2D eigenvalue weighted by Gasteiger charge is 2.32. The van der Waals surface area contributed by atoms with Crippen LogP contribution in [-0.4, -0.2) is 64.0 Å². The van der Waals surface area contributed by atoms with Gasteiger partial charge >= 0.3 is 0 Å². The summed E-state index contributed by atoms with van der Waals surface area (Å²) >= 11 is 0. The van der Waals surface area contributed by atoms with Crippen molar-refractivity contribution < 1.29 is 32.2 Å². The maximum Gasteiger partial charge on any atom is 0.243 e. The van der Waals surface area contributed by atoms with E-state index in [0.29, 0.717) is 42.4 Å². The van der Waals surface area contributed by atoms with E-state index in [1.807, 2.05) is 18.2 Å². The second kappa shape index (κ2) is 11.2. The van der Waals surface area contributed by atoms with Crippen LogP contribution in [0.25, 0.3) is 0 Å². The van der Waals surface area contributed by atoms with Gasteiger partial charge in [0.15, 0.2) is 17.8 Å². The zero-order valence-corrected chi connectivity index (χ0v) is 21.2. The summed E-state index contributed by atoms with van der Waals surface area (Å²) < 4.78 is 42.8. The van der Waals surface area contributed by atoms with Gasteiger partial charge in [-0.1, -0.05) is 6.07 Å². The van der Waals surface area contributed by atoms with Crippen molar-refractivity contribution in [1.82, 2.24) is 4.90 Å². The number of methoxy groups -OCH3 is 1. The second-order valence-electron chi connectivity index (χ2n) is 8.78. The van der Waals surface area contributed by atoms with Gasteiger partial charge in [-0.05, 0) is 55.3 Å². The Bertz CT molecular complexity index is 1190. The van der Waals surface area contributed by atoms with Crippen LogP contribution in [0.4, 0.5) is 11.4 Å². The van der Waals surface area contributed by atoms with Gasteiger partial charge in [0.2, 0.25) is 21.8 Å². The van der Waals surface area contributed by atoms with Gasteiger partial charge in [-0.3, -0.25) is 14.3 Å². The molecule has 2 N–H and O–H groups in total.